The zero-order valence-electron chi connectivity index (χ0n) is 18.0. The highest BCUT2D eigenvalue weighted by atomic mass is 19.2. The molecule has 0 unspecified atom stereocenters. The third-order valence-electron chi connectivity index (χ3n) is 5.48. The van der Waals surface area contributed by atoms with Crippen LogP contribution in [0.3, 0.4) is 0 Å². The summed E-state index contributed by atoms with van der Waals surface area (Å²) in [5, 5.41) is 20.8. The minimum atomic E-state index is -1.26. The van der Waals surface area contributed by atoms with Crippen LogP contribution in [0.2, 0.25) is 0 Å². The fraction of sp³-hybridized carbons (Fsp3) is 0.333. The molecule has 4 heterocycles. The molecule has 0 saturated carbocycles. The number of fused-ring (bicyclic) bond motifs is 1. The lowest BCUT2D eigenvalue weighted by Gasteiger charge is -2.29. The van der Waals surface area contributed by atoms with Crippen LogP contribution in [0.4, 0.5) is 30.5 Å². The van der Waals surface area contributed by atoms with Crippen molar-refractivity contribution in [1.29, 1.82) is 0 Å². The van der Waals surface area contributed by atoms with Crippen LogP contribution in [-0.2, 0) is 17.8 Å². The van der Waals surface area contributed by atoms with Crippen LogP contribution in [0.15, 0.2) is 30.9 Å². The van der Waals surface area contributed by atoms with Crippen LogP contribution in [0, 0.1) is 17.5 Å². The first-order chi connectivity index (χ1) is 16.5. The summed E-state index contributed by atoms with van der Waals surface area (Å²) in [7, 11) is 0. The Bertz CT molecular complexity index is 1320. The van der Waals surface area contributed by atoms with E-state index in [1.807, 2.05) is 0 Å². The molecule has 0 amide bonds. The molecule has 0 spiro atoms. The number of aliphatic hydroxyl groups excluding tert-OH is 1. The summed E-state index contributed by atoms with van der Waals surface area (Å²) in [4.78, 5) is 10.2. The number of benzene rings is 1. The van der Waals surface area contributed by atoms with Gasteiger partial charge in [0.1, 0.15) is 0 Å². The van der Waals surface area contributed by atoms with Gasteiger partial charge in [0.2, 0.25) is 5.95 Å². The molecule has 3 aromatic heterocycles. The smallest absolute Gasteiger partial charge is 0.229 e. The third-order valence-corrected chi connectivity index (χ3v) is 5.48. The maximum Gasteiger partial charge on any atom is 0.229 e. The van der Waals surface area contributed by atoms with Crippen molar-refractivity contribution in [3.8, 4) is 0 Å². The molecule has 5 rings (SSSR count). The second-order valence-electron chi connectivity index (χ2n) is 7.70. The van der Waals surface area contributed by atoms with Gasteiger partial charge >= 0.3 is 0 Å². The minimum Gasteiger partial charge on any atom is -0.394 e. The van der Waals surface area contributed by atoms with E-state index < -0.39 is 23.0 Å². The van der Waals surface area contributed by atoms with Gasteiger partial charge in [-0.1, -0.05) is 0 Å². The largest absolute Gasteiger partial charge is 0.394 e. The summed E-state index contributed by atoms with van der Waals surface area (Å²) in [6, 6.07) is 0.877. The SMILES string of the molecule is OCCn1cc(Nc2ncc3cnn(Cc4c(F)c(F)cc(N5CCOCC5)c4F)c3n2)cn1. The van der Waals surface area contributed by atoms with E-state index in [4.69, 9.17) is 9.84 Å². The molecular weight excluding hydrogens is 453 g/mol. The van der Waals surface area contributed by atoms with E-state index in [9.17, 15) is 8.78 Å². The van der Waals surface area contributed by atoms with Crippen molar-refractivity contribution in [2.24, 2.45) is 0 Å². The van der Waals surface area contributed by atoms with E-state index in [2.05, 4.69) is 25.5 Å². The molecule has 1 aromatic carbocycles. The van der Waals surface area contributed by atoms with Gasteiger partial charge < -0.3 is 20.1 Å². The summed E-state index contributed by atoms with van der Waals surface area (Å²) >= 11 is 0. The molecule has 0 atom stereocenters. The third kappa shape index (κ3) is 4.26. The Morgan fingerprint density at radius 3 is 2.68 bits per heavy atom. The van der Waals surface area contributed by atoms with Crippen molar-refractivity contribution in [2.45, 2.75) is 13.1 Å². The Hall–Kier alpha value is -3.71. The average molecular weight is 474 g/mol. The van der Waals surface area contributed by atoms with E-state index in [1.54, 1.807) is 22.0 Å². The van der Waals surface area contributed by atoms with Crippen molar-refractivity contribution in [3.05, 3.63) is 53.9 Å². The van der Waals surface area contributed by atoms with E-state index in [0.29, 0.717) is 49.6 Å². The highest BCUT2D eigenvalue weighted by Gasteiger charge is 2.24. The van der Waals surface area contributed by atoms with Crippen molar-refractivity contribution in [2.75, 3.05) is 43.1 Å². The number of halogens is 3. The quantitative estimate of drug-likeness (QED) is 0.392. The lowest BCUT2D eigenvalue weighted by atomic mass is 10.1. The van der Waals surface area contributed by atoms with E-state index in [1.165, 1.54) is 17.1 Å². The number of nitrogens with zero attached hydrogens (tertiary/aromatic N) is 7. The molecule has 34 heavy (non-hydrogen) atoms. The number of aliphatic hydroxyl groups is 1. The monoisotopic (exact) mass is 474 g/mol. The van der Waals surface area contributed by atoms with Gasteiger partial charge in [-0.2, -0.15) is 15.2 Å². The van der Waals surface area contributed by atoms with Gasteiger partial charge in [0.05, 0.1) is 67.6 Å². The van der Waals surface area contributed by atoms with Gasteiger partial charge in [0.25, 0.3) is 0 Å². The zero-order valence-corrected chi connectivity index (χ0v) is 18.0. The second-order valence-corrected chi connectivity index (χ2v) is 7.70. The molecule has 4 aromatic rings. The predicted octanol–water partition coefficient (Wildman–Crippen LogP) is 2.06. The van der Waals surface area contributed by atoms with Crippen LogP contribution >= 0.6 is 0 Å². The topological polar surface area (TPSA) is 106 Å². The van der Waals surface area contributed by atoms with Gasteiger partial charge in [-0.05, 0) is 0 Å². The Kier molecular flexibility index (Phi) is 6.02. The Morgan fingerprint density at radius 2 is 1.88 bits per heavy atom. The molecule has 0 radical (unpaired) electrons. The molecule has 0 bridgehead atoms. The second kappa shape index (κ2) is 9.27. The number of nitrogens with one attached hydrogen (secondary N) is 1. The first-order valence-corrected chi connectivity index (χ1v) is 10.6. The van der Waals surface area contributed by atoms with Gasteiger partial charge in [-0.25, -0.2) is 22.8 Å². The van der Waals surface area contributed by atoms with Crippen LogP contribution in [0.1, 0.15) is 5.56 Å². The predicted molar refractivity (Wildman–Crippen MR) is 116 cm³/mol. The molecule has 1 saturated heterocycles. The highest BCUT2D eigenvalue weighted by molar-refractivity contribution is 5.75. The standard InChI is InChI=1S/C21H21F3N8O2/c22-16-7-17(30-2-5-34-6-3-30)19(24)15(18(16)23)12-32-20-13(9-27-32)8-25-21(29-20)28-14-10-26-31(11-14)1-4-33/h7-11,33H,1-6,12H2,(H,25,28,29). The molecule has 1 aliphatic rings. The van der Waals surface area contributed by atoms with Gasteiger partial charge in [-0.15, -0.1) is 0 Å². The first kappa shape index (κ1) is 22.1. The molecule has 2 N–H and O–H groups in total. The molecule has 10 nitrogen and oxygen atoms in total. The van der Waals surface area contributed by atoms with Crippen molar-refractivity contribution in [1.82, 2.24) is 29.5 Å². The van der Waals surface area contributed by atoms with Crippen molar-refractivity contribution in [3.63, 3.8) is 0 Å². The minimum absolute atomic E-state index is 0.00876. The molecule has 13 heteroatoms. The van der Waals surface area contributed by atoms with Gasteiger partial charge in [0, 0.05) is 31.5 Å². The van der Waals surface area contributed by atoms with E-state index in [0.717, 1.165) is 6.07 Å². The molecule has 0 aliphatic carbocycles. The van der Waals surface area contributed by atoms with E-state index >= 15 is 4.39 Å². The maximum atomic E-state index is 15.3. The number of aromatic nitrogens is 6. The molecule has 1 aliphatic heterocycles. The summed E-state index contributed by atoms with van der Waals surface area (Å²) in [5.41, 5.74) is 0.461. The number of rotatable bonds is 7. The Labute approximate surface area is 191 Å². The zero-order chi connectivity index (χ0) is 23.7. The number of anilines is 3. The maximum absolute atomic E-state index is 15.3. The lowest BCUT2D eigenvalue weighted by molar-refractivity contribution is 0.122. The number of ether oxygens (including phenoxy) is 1. The van der Waals surface area contributed by atoms with Crippen LogP contribution < -0.4 is 10.2 Å². The van der Waals surface area contributed by atoms with Gasteiger partial charge in [0.15, 0.2) is 23.1 Å². The van der Waals surface area contributed by atoms with Crippen LogP contribution in [0.5, 0.6) is 0 Å². The molecule has 1 fully saturated rings. The fourth-order valence-corrected chi connectivity index (χ4v) is 3.79. The number of morpholine rings is 1. The number of hydrogen-bond acceptors (Lipinski definition) is 8. The van der Waals surface area contributed by atoms with Gasteiger partial charge in [-0.3, -0.25) is 4.68 Å². The first-order valence-electron chi connectivity index (χ1n) is 10.6. The summed E-state index contributed by atoms with van der Waals surface area (Å²) in [6.45, 7) is 1.44. The molecule has 178 valence electrons. The highest BCUT2D eigenvalue weighted by Crippen LogP contribution is 2.29. The lowest BCUT2D eigenvalue weighted by Crippen LogP contribution is -2.37. The average Bonchev–Trinajstić information content (AvgIpc) is 3.46. The molecular formula is C21H21F3N8O2. The summed E-state index contributed by atoms with van der Waals surface area (Å²) in [5.74, 6) is -3.02. The van der Waals surface area contributed by atoms with Crippen LogP contribution in [0.25, 0.3) is 11.0 Å². The Balaban J connectivity index is 1.45. The summed E-state index contributed by atoms with van der Waals surface area (Å²) in [6.07, 6.45) is 6.21. The van der Waals surface area contributed by atoms with E-state index in [-0.39, 0.29) is 24.8 Å². The van der Waals surface area contributed by atoms with Crippen LogP contribution in [-0.4, -0.2) is 67.5 Å². The fourth-order valence-electron chi connectivity index (χ4n) is 3.79. The summed E-state index contributed by atoms with van der Waals surface area (Å²) < 4.78 is 52.5. The van der Waals surface area contributed by atoms with Crippen molar-refractivity contribution >= 4 is 28.4 Å². The Morgan fingerprint density at radius 1 is 1.06 bits per heavy atom. The van der Waals surface area contributed by atoms with Crippen molar-refractivity contribution < 1.29 is 23.0 Å². The normalized spacial score (nSPS) is 14.2. The number of hydrogen-bond donors (Lipinski definition) is 2.